The maximum absolute atomic E-state index is 13.2. The third-order valence-electron chi connectivity index (χ3n) is 4.22. The summed E-state index contributed by atoms with van der Waals surface area (Å²) >= 11 is 1.34. The summed E-state index contributed by atoms with van der Waals surface area (Å²) in [4.78, 5) is 31.2. The SMILES string of the molecule is CCOC(=O)c1csc(CN(CCC(C)C)C(=O)c2cc(OC)cc(OC)c2)n1. The number of carbonyl (C=O) groups is 2. The van der Waals surface area contributed by atoms with Crippen LogP contribution in [-0.2, 0) is 11.3 Å². The summed E-state index contributed by atoms with van der Waals surface area (Å²) in [6.07, 6.45) is 0.850. The van der Waals surface area contributed by atoms with Crippen molar-refractivity contribution in [3.63, 3.8) is 0 Å². The van der Waals surface area contributed by atoms with Gasteiger partial charge in [0.2, 0.25) is 0 Å². The molecule has 0 N–H and O–H groups in total. The quantitative estimate of drug-likeness (QED) is 0.540. The van der Waals surface area contributed by atoms with Gasteiger partial charge in [-0.25, -0.2) is 9.78 Å². The molecule has 1 aromatic carbocycles. The second-order valence-electron chi connectivity index (χ2n) is 6.86. The van der Waals surface area contributed by atoms with E-state index in [1.54, 1.807) is 49.6 Å². The Morgan fingerprint density at radius 1 is 1.14 bits per heavy atom. The molecule has 8 heteroatoms. The van der Waals surface area contributed by atoms with Gasteiger partial charge in [0.1, 0.15) is 16.5 Å². The van der Waals surface area contributed by atoms with Gasteiger partial charge in [0.05, 0.1) is 27.4 Å². The van der Waals surface area contributed by atoms with Crippen LogP contribution < -0.4 is 9.47 Å². The molecule has 0 fully saturated rings. The van der Waals surface area contributed by atoms with Crippen molar-refractivity contribution in [2.24, 2.45) is 5.92 Å². The molecule has 0 unspecified atom stereocenters. The fraction of sp³-hybridized carbons (Fsp3) is 0.476. The minimum Gasteiger partial charge on any atom is -0.497 e. The van der Waals surface area contributed by atoms with E-state index in [-0.39, 0.29) is 11.6 Å². The predicted octanol–water partition coefficient (Wildman–Crippen LogP) is 4.03. The Hall–Kier alpha value is -2.61. The number of amides is 1. The summed E-state index contributed by atoms with van der Waals surface area (Å²) in [7, 11) is 3.10. The first-order valence-corrected chi connectivity index (χ1v) is 10.4. The average molecular weight is 421 g/mol. The maximum atomic E-state index is 13.2. The van der Waals surface area contributed by atoms with Gasteiger partial charge in [-0.15, -0.1) is 11.3 Å². The van der Waals surface area contributed by atoms with Crippen LogP contribution in [0.4, 0.5) is 0 Å². The number of hydrogen-bond donors (Lipinski definition) is 0. The first-order valence-electron chi connectivity index (χ1n) is 9.51. The minimum atomic E-state index is -0.451. The molecule has 0 aliphatic carbocycles. The molecular weight excluding hydrogens is 392 g/mol. The molecule has 2 rings (SSSR count). The van der Waals surface area contributed by atoms with Gasteiger partial charge in [0.25, 0.3) is 5.91 Å². The summed E-state index contributed by atoms with van der Waals surface area (Å²) in [6, 6.07) is 5.11. The summed E-state index contributed by atoms with van der Waals surface area (Å²) in [6.45, 7) is 7.15. The molecule has 2 aromatic rings. The lowest BCUT2D eigenvalue weighted by molar-refractivity contribution is 0.0520. The molecule has 0 aliphatic rings. The van der Waals surface area contributed by atoms with Crippen molar-refractivity contribution in [3.05, 3.63) is 39.8 Å². The zero-order valence-corrected chi connectivity index (χ0v) is 18.4. The standard InChI is InChI=1S/C21H28N2O5S/c1-6-28-21(25)18-13-29-19(22-18)12-23(8-7-14(2)3)20(24)15-9-16(26-4)11-17(10-15)27-5/h9-11,13-14H,6-8,12H2,1-5H3. The van der Waals surface area contributed by atoms with Crippen LogP contribution in [0.5, 0.6) is 11.5 Å². The number of carbonyl (C=O) groups excluding carboxylic acids is 2. The number of hydrogen-bond acceptors (Lipinski definition) is 7. The van der Waals surface area contributed by atoms with Crippen LogP contribution in [0.15, 0.2) is 23.6 Å². The number of thiazole rings is 1. The van der Waals surface area contributed by atoms with E-state index in [0.29, 0.717) is 47.7 Å². The number of methoxy groups -OCH3 is 2. The van der Waals surface area contributed by atoms with Crippen molar-refractivity contribution in [1.29, 1.82) is 0 Å². The Morgan fingerprint density at radius 3 is 2.34 bits per heavy atom. The van der Waals surface area contributed by atoms with Crippen molar-refractivity contribution in [1.82, 2.24) is 9.88 Å². The molecule has 0 spiro atoms. The predicted molar refractivity (Wildman–Crippen MR) is 112 cm³/mol. The van der Waals surface area contributed by atoms with E-state index in [9.17, 15) is 9.59 Å². The van der Waals surface area contributed by atoms with E-state index < -0.39 is 5.97 Å². The van der Waals surface area contributed by atoms with Gasteiger partial charge >= 0.3 is 5.97 Å². The number of rotatable bonds is 10. The van der Waals surface area contributed by atoms with Crippen LogP contribution in [0, 0.1) is 5.92 Å². The smallest absolute Gasteiger partial charge is 0.357 e. The number of aromatic nitrogens is 1. The maximum Gasteiger partial charge on any atom is 0.357 e. The summed E-state index contributed by atoms with van der Waals surface area (Å²) < 4.78 is 15.6. The molecule has 1 heterocycles. The van der Waals surface area contributed by atoms with Gasteiger partial charge in [0.15, 0.2) is 5.69 Å². The normalized spacial score (nSPS) is 10.7. The Bertz CT molecular complexity index is 812. The van der Waals surface area contributed by atoms with Crippen LogP contribution >= 0.6 is 11.3 Å². The Balaban J connectivity index is 2.26. The fourth-order valence-electron chi connectivity index (χ4n) is 2.63. The Kier molecular flexibility index (Phi) is 8.45. The van der Waals surface area contributed by atoms with Gasteiger partial charge in [-0.1, -0.05) is 13.8 Å². The van der Waals surface area contributed by atoms with Crippen molar-refractivity contribution >= 4 is 23.2 Å². The molecule has 158 valence electrons. The highest BCUT2D eigenvalue weighted by atomic mass is 32.1. The highest BCUT2D eigenvalue weighted by Crippen LogP contribution is 2.24. The summed E-state index contributed by atoms with van der Waals surface area (Å²) in [5, 5.41) is 2.34. The first-order chi connectivity index (χ1) is 13.9. The fourth-order valence-corrected chi connectivity index (χ4v) is 3.40. The van der Waals surface area contributed by atoms with Crippen molar-refractivity contribution < 1.29 is 23.8 Å². The van der Waals surface area contributed by atoms with Crippen molar-refractivity contribution in [2.75, 3.05) is 27.4 Å². The second kappa shape index (κ2) is 10.8. The van der Waals surface area contributed by atoms with Gasteiger partial charge in [-0.2, -0.15) is 0 Å². The van der Waals surface area contributed by atoms with Gasteiger partial charge < -0.3 is 19.1 Å². The van der Waals surface area contributed by atoms with E-state index in [1.165, 1.54) is 11.3 Å². The molecule has 7 nitrogen and oxygen atoms in total. The van der Waals surface area contributed by atoms with Gasteiger partial charge in [-0.3, -0.25) is 4.79 Å². The summed E-state index contributed by atoms with van der Waals surface area (Å²) in [5.74, 6) is 0.950. The Labute approximate surface area is 175 Å². The third-order valence-corrected chi connectivity index (χ3v) is 5.06. The van der Waals surface area contributed by atoms with Crippen LogP contribution in [0.3, 0.4) is 0 Å². The molecule has 1 amide bonds. The van der Waals surface area contributed by atoms with Crippen molar-refractivity contribution in [3.8, 4) is 11.5 Å². The number of nitrogens with zero attached hydrogens (tertiary/aromatic N) is 2. The number of esters is 1. The lowest BCUT2D eigenvalue weighted by Gasteiger charge is -2.23. The molecule has 1 aromatic heterocycles. The lowest BCUT2D eigenvalue weighted by Crippen LogP contribution is -2.32. The third kappa shape index (κ3) is 6.45. The van der Waals surface area contributed by atoms with E-state index in [1.807, 2.05) is 0 Å². The molecule has 0 saturated carbocycles. The van der Waals surface area contributed by atoms with Crippen LogP contribution in [0.25, 0.3) is 0 Å². The zero-order valence-electron chi connectivity index (χ0n) is 17.6. The van der Waals surface area contributed by atoms with E-state index in [2.05, 4.69) is 18.8 Å². The molecule has 0 saturated heterocycles. The van der Waals surface area contributed by atoms with E-state index >= 15 is 0 Å². The van der Waals surface area contributed by atoms with Crippen LogP contribution in [0.2, 0.25) is 0 Å². The molecule has 29 heavy (non-hydrogen) atoms. The number of benzene rings is 1. The lowest BCUT2D eigenvalue weighted by atomic mass is 10.1. The highest BCUT2D eigenvalue weighted by molar-refractivity contribution is 7.09. The average Bonchev–Trinajstić information content (AvgIpc) is 3.18. The van der Waals surface area contributed by atoms with Gasteiger partial charge in [0, 0.05) is 23.6 Å². The van der Waals surface area contributed by atoms with Crippen LogP contribution in [0.1, 0.15) is 53.0 Å². The van der Waals surface area contributed by atoms with E-state index in [4.69, 9.17) is 14.2 Å². The Morgan fingerprint density at radius 2 is 1.79 bits per heavy atom. The zero-order chi connectivity index (χ0) is 21.4. The number of ether oxygens (including phenoxy) is 3. The molecule has 0 atom stereocenters. The largest absolute Gasteiger partial charge is 0.497 e. The molecule has 0 aliphatic heterocycles. The molecular formula is C21H28N2O5S. The molecule has 0 radical (unpaired) electrons. The van der Waals surface area contributed by atoms with Crippen molar-refractivity contribution in [2.45, 2.75) is 33.7 Å². The topological polar surface area (TPSA) is 78.0 Å². The van der Waals surface area contributed by atoms with E-state index in [0.717, 1.165) is 6.42 Å². The monoisotopic (exact) mass is 420 g/mol. The summed E-state index contributed by atoms with van der Waals surface area (Å²) in [5.41, 5.74) is 0.748. The molecule has 0 bridgehead atoms. The van der Waals surface area contributed by atoms with Gasteiger partial charge in [-0.05, 0) is 31.4 Å². The first kappa shape index (κ1) is 22.7. The van der Waals surface area contributed by atoms with Crippen LogP contribution in [-0.4, -0.2) is 49.1 Å². The second-order valence-corrected chi connectivity index (χ2v) is 7.80. The highest BCUT2D eigenvalue weighted by Gasteiger charge is 2.21. The minimum absolute atomic E-state index is 0.143.